The zero-order chi connectivity index (χ0) is 13.6. The number of nitrogens with zero attached hydrogens (tertiary/aromatic N) is 3. The molecule has 5 heteroatoms. The van der Waals surface area contributed by atoms with E-state index in [4.69, 9.17) is 9.72 Å². The zero-order valence-corrected chi connectivity index (χ0v) is 12.6. The molecule has 4 heterocycles. The average molecular weight is 289 g/mol. The Kier molecular flexibility index (Phi) is 2.93. The van der Waals surface area contributed by atoms with Crippen LogP contribution in [-0.2, 0) is 11.2 Å². The van der Waals surface area contributed by atoms with E-state index in [0.29, 0.717) is 5.41 Å². The zero-order valence-electron chi connectivity index (χ0n) is 11.8. The third-order valence-electron chi connectivity index (χ3n) is 4.59. The minimum atomic E-state index is 0.375. The topological polar surface area (TPSA) is 38.2 Å². The summed E-state index contributed by atoms with van der Waals surface area (Å²) in [5, 5.41) is 3.33. The molecule has 0 bridgehead atoms. The number of aryl methyl sites for hydroxylation is 1. The van der Waals surface area contributed by atoms with Crippen molar-refractivity contribution in [1.29, 1.82) is 0 Å². The third kappa shape index (κ3) is 1.91. The Labute approximate surface area is 122 Å². The monoisotopic (exact) mass is 289 g/mol. The molecule has 4 nitrogen and oxygen atoms in total. The predicted octanol–water partition coefficient (Wildman–Crippen LogP) is 2.87. The van der Waals surface area contributed by atoms with E-state index in [1.807, 2.05) is 0 Å². The molecule has 2 aromatic rings. The van der Waals surface area contributed by atoms with Gasteiger partial charge in [0.15, 0.2) is 0 Å². The summed E-state index contributed by atoms with van der Waals surface area (Å²) < 4.78 is 5.63. The van der Waals surface area contributed by atoms with E-state index >= 15 is 0 Å². The van der Waals surface area contributed by atoms with Crippen LogP contribution in [-0.4, -0.2) is 36.3 Å². The minimum Gasteiger partial charge on any atom is -0.381 e. The molecule has 2 aliphatic heterocycles. The van der Waals surface area contributed by atoms with Gasteiger partial charge in [0.25, 0.3) is 0 Å². The molecule has 2 aliphatic rings. The van der Waals surface area contributed by atoms with Gasteiger partial charge in [-0.25, -0.2) is 9.97 Å². The van der Waals surface area contributed by atoms with Crippen molar-refractivity contribution in [3.05, 3.63) is 17.3 Å². The highest BCUT2D eigenvalue weighted by molar-refractivity contribution is 7.16. The highest BCUT2D eigenvalue weighted by atomic mass is 32.1. The largest absolute Gasteiger partial charge is 0.381 e. The normalized spacial score (nSPS) is 26.1. The van der Waals surface area contributed by atoms with Crippen molar-refractivity contribution in [3.63, 3.8) is 0 Å². The summed E-state index contributed by atoms with van der Waals surface area (Å²) in [6, 6.07) is 2.16. The fourth-order valence-corrected chi connectivity index (χ4v) is 4.15. The van der Waals surface area contributed by atoms with Gasteiger partial charge < -0.3 is 9.64 Å². The van der Waals surface area contributed by atoms with Crippen molar-refractivity contribution in [2.75, 3.05) is 31.2 Å². The number of hydrogen-bond donors (Lipinski definition) is 0. The van der Waals surface area contributed by atoms with Gasteiger partial charge in [0, 0.05) is 31.5 Å². The first-order valence-corrected chi connectivity index (χ1v) is 8.24. The molecule has 0 aromatic carbocycles. The van der Waals surface area contributed by atoms with Crippen LogP contribution in [0.15, 0.2) is 11.4 Å². The Hall–Kier alpha value is -1.20. The summed E-state index contributed by atoms with van der Waals surface area (Å²) >= 11 is 1.71. The second kappa shape index (κ2) is 4.67. The van der Waals surface area contributed by atoms with Gasteiger partial charge in [-0.05, 0) is 24.3 Å². The lowest BCUT2D eigenvalue weighted by atomic mass is 9.87. The molecule has 1 atom stereocenters. The lowest BCUT2D eigenvalue weighted by molar-refractivity contribution is 0.160. The Bertz CT molecular complexity index is 633. The fraction of sp³-hybridized carbons (Fsp3) is 0.600. The van der Waals surface area contributed by atoms with Crippen LogP contribution in [0.25, 0.3) is 10.2 Å². The summed E-state index contributed by atoms with van der Waals surface area (Å²) in [4.78, 5) is 13.0. The van der Waals surface area contributed by atoms with Gasteiger partial charge in [-0.2, -0.15) is 0 Å². The van der Waals surface area contributed by atoms with Gasteiger partial charge in [0.2, 0.25) is 0 Å². The molecule has 20 heavy (non-hydrogen) atoms. The molecule has 0 saturated carbocycles. The summed E-state index contributed by atoms with van der Waals surface area (Å²) in [5.74, 6) is 2.09. The van der Waals surface area contributed by atoms with E-state index in [1.54, 1.807) is 11.3 Å². The number of anilines is 1. The Morgan fingerprint density at radius 3 is 3.15 bits per heavy atom. The van der Waals surface area contributed by atoms with Gasteiger partial charge in [0.1, 0.15) is 16.5 Å². The first-order chi connectivity index (χ1) is 9.80. The lowest BCUT2D eigenvalue weighted by Gasteiger charge is -2.23. The van der Waals surface area contributed by atoms with E-state index < -0.39 is 0 Å². The highest BCUT2D eigenvalue weighted by Crippen LogP contribution is 2.41. The third-order valence-corrected chi connectivity index (χ3v) is 5.40. The predicted molar refractivity (Wildman–Crippen MR) is 81.5 cm³/mol. The molecular formula is C15H19N3OS. The smallest absolute Gasteiger partial charge is 0.141 e. The fourth-order valence-electron chi connectivity index (χ4n) is 3.37. The second-order valence-corrected chi connectivity index (χ2v) is 6.83. The molecule has 0 amide bonds. The molecule has 1 unspecified atom stereocenters. The lowest BCUT2D eigenvalue weighted by Crippen LogP contribution is -2.28. The van der Waals surface area contributed by atoms with Crippen molar-refractivity contribution in [3.8, 4) is 0 Å². The molecular weight excluding hydrogens is 270 g/mol. The number of ether oxygens (including phenoxy) is 1. The van der Waals surface area contributed by atoms with Crippen LogP contribution in [0.3, 0.4) is 0 Å². The molecule has 4 rings (SSSR count). The first-order valence-electron chi connectivity index (χ1n) is 7.36. The minimum absolute atomic E-state index is 0.375. The Morgan fingerprint density at radius 2 is 2.35 bits per heavy atom. The van der Waals surface area contributed by atoms with Crippen molar-refractivity contribution < 1.29 is 4.74 Å². The molecule has 0 aliphatic carbocycles. The van der Waals surface area contributed by atoms with Crippen molar-refractivity contribution in [2.45, 2.75) is 26.2 Å². The highest BCUT2D eigenvalue weighted by Gasteiger charge is 2.42. The van der Waals surface area contributed by atoms with Crippen LogP contribution >= 0.6 is 11.3 Å². The summed E-state index contributed by atoms with van der Waals surface area (Å²) in [6.45, 7) is 6.13. The van der Waals surface area contributed by atoms with Crippen LogP contribution in [0.1, 0.15) is 25.6 Å². The van der Waals surface area contributed by atoms with Crippen molar-refractivity contribution >= 4 is 27.4 Å². The average Bonchev–Trinajstić information content (AvgIpc) is 3.20. The molecule has 2 fully saturated rings. The molecule has 0 radical (unpaired) electrons. The van der Waals surface area contributed by atoms with Crippen LogP contribution < -0.4 is 4.90 Å². The molecule has 106 valence electrons. The second-order valence-electron chi connectivity index (χ2n) is 5.93. The van der Waals surface area contributed by atoms with E-state index in [0.717, 1.165) is 49.2 Å². The molecule has 2 aromatic heterocycles. The quantitative estimate of drug-likeness (QED) is 0.852. The van der Waals surface area contributed by atoms with Crippen LogP contribution in [0, 0.1) is 5.41 Å². The van der Waals surface area contributed by atoms with Gasteiger partial charge >= 0.3 is 0 Å². The summed E-state index contributed by atoms with van der Waals surface area (Å²) in [6.07, 6.45) is 3.31. The number of fused-ring (bicyclic) bond motifs is 1. The first kappa shape index (κ1) is 12.5. The van der Waals surface area contributed by atoms with E-state index in [2.05, 4.69) is 28.3 Å². The summed E-state index contributed by atoms with van der Waals surface area (Å²) in [7, 11) is 0. The number of thiophene rings is 1. The summed E-state index contributed by atoms with van der Waals surface area (Å²) in [5.41, 5.74) is 0.375. The van der Waals surface area contributed by atoms with Crippen molar-refractivity contribution in [2.24, 2.45) is 5.41 Å². The maximum atomic E-state index is 5.63. The molecule has 2 saturated heterocycles. The maximum Gasteiger partial charge on any atom is 0.141 e. The van der Waals surface area contributed by atoms with Gasteiger partial charge in [-0.3, -0.25) is 0 Å². The molecule has 0 N–H and O–H groups in total. The van der Waals surface area contributed by atoms with Gasteiger partial charge in [-0.15, -0.1) is 11.3 Å². The van der Waals surface area contributed by atoms with E-state index in [-0.39, 0.29) is 0 Å². The standard InChI is InChI=1S/C15H19N3OS/c1-2-12-16-13(11-3-8-20-14(11)17-12)18-6-4-15(9-18)5-7-19-10-15/h3,8H,2,4-7,9-10H2,1H3. The van der Waals surface area contributed by atoms with Crippen molar-refractivity contribution in [1.82, 2.24) is 9.97 Å². The van der Waals surface area contributed by atoms with Gasteiger partial charge in [-0.1, -0.05) is 6.92 Å². The van der Waals surface area contributed by atoms with Crippen LogP contribution in [0.4, 0.5) is 5.82 Å². The van der Waals surface area contributed by atoms with E-state index in [9.17, 15) is 0 Å². The number of rotatable bonds is 2. The molecule has 1 spiro atoms. The Morgan fingerprint density at radius 1 is 1.40 bits per heavy atom. The van der Waals surface area contributed by atoms with Crippen LogP contribution in [0.5, 0.6) is 0 Å². The Balaban J connectivity index is 1.73. The SMILES string of the molecule is CCc1nc(N2CCC3(CCOC3)C2)c2ccsc2n1. The number of hydrogen-bond acceptors (Lipinski definition) is 5. The maximum absolute atomic E-state index is 5.63. The number of aromatic nitrogens is 2. The van der Waals surface area contributed by atoms with Gasteiger partial charge in [0.05, 0.1) is 12.0 Å². The van der Waals surface area contributed by atoms with Crippen LogP contribution in [0.2, 0.25) is 0 Å². The van der Waals surface area contributed by atoms with E-state index in [1.165, 1.54) is 18.2 Å².